The standard InChI is InChI=1S/C22H26N2O5/c1-12-4-3-5-16(13(12)2)23-17(25)11-29-18(26)8-9-24-21(27)19-14-6-7-15(10-14)20(19)22(24)28/h3-5,14-15,19-20H,6-11H2,1-2H3,(H,23,25)/t14-,15-,19-,20-/m0/s1. The molecule has 2 aliphatic carbocycles. The molecule has 3 fully saturated rings. The Morgan fingerprint density at radius 3 is 2.41 bits per heavy atom. The van der Waals surface area contributed by atoms with Crippen molar-refractivity contribution >= 4 is 29.4 Å². The maximum absolute atomic E-state index is 12.6. The normalized spacial score (nSPS) is 27.3. The van der Waals surface area contributed by atoms with Crippen LogP contribution in [-0.4, -0.2) is 41.7 Å². The molecule has 7 nitrogen and oxygen atoms in total. The van der Waals surface area contributed by atoms with Gasteiger partial charge in [-0.3, -0.25) is 24.1 Å². The van der Waals surface area contributed by atoms with Crippen LogP contribution in [0.25, 0.3) is 0 Å². The highest BCUT2D eigenvalue weighted by Crippen LogP contribution is 2.56. The summed E-state index contributed by atoms with van der Waals surface area (Å²) in [4.78, 5) is 50.5. The van der Waals surface area contributed by atoms with Crippen LogP contribution in [0.4, 0.5) is 5.69 Å². The third-order valence-corrected chi connectivity index (χ3v) is 6.80. The predicted molar refractivity (Wildman–Crippen MR) is 105 cm³/mol. The molecule has 4 atom stereocenters. The Balaban J connectivity index is 1.24. The van der Waals surface area contributed by atoms with Gasteiger partial charge in [-0.05, 0) is 62.1 Å². The van der Waals surface area contributed by atoms with E-state index in [1.54, 1.807) is 6.07 Å². The average Bonchev–Trinajstić information content (AvgIpc) is 3.37. The predicted octanol–water partition coefficient (Wildman–Crippen LogP) is 2.21. The molecular formula is C22H26N2O5. The van der Waals surface area contributed by atoms with Crippen LogP contribution in [0, 0.1) is 37.5 Å². The molecule has 4 rings (SSSR count). The summed E-state index contributed by atoms with van der Waals surface area (Å²) in [5, 5.41) is 2.73. The zero-order valence-corrected chi connectivity index (χ0v) is 16.8. The molecule has 0 spiro atoms. The van der Waals surface area contributed by atoms with E-state index in [1.807, 2.05) is 26.0 Å². The Morgan fingerprint density at radius 1 is 1.10 bits per heavy atom. The van der Waals surface area contributed by atoms with Gasteiger partial charge in [0.1, 0.15) is 0 Å². The second kappa shape index (κ2) is 7.61. The number of hydrogen-bond donors (Lipinski definition) is 1. The highest BCUT2D eigenvalue weighted by molar-refractivity contribution is 6.06. The molecular weight excluding hydrogens is 372 g/mol. The lowest BCUT2D eigenvalue weighted by molar-refractivity contribution is -0.149. The Morgan fingerprint density at radius 2 is 1.76 bits per heavy atom. The summed E-state index contributed by atoms with van der Waals surface area (Å²) >= 11 is 0. The summed E-state index contributed by atoms with van der Waals surface area (Å²) in [6.45, 7) is 3.49. The van der Waals surface area contributed by atoms with E-state index < -0.39 is 18.5 Å². The van der Waals surface area contributed by atoms with E-state index in [-0.39, 0.29) is 36.6 Å². The number of carbonyl (C=O) groups excluding carboxylic acids is 4. The number of likely N-dealkylation sites (tertiary alicyclic amines) is 1. The van der Waals surface area contributed by atoms with Crippen molar-refractivity contribution in [1.29, 1.82) is 0 Å². The average molecular weight is 398 g/mol. The summed E-state index contributed by atoms with van der Waals surface area (Å²) in [5.74, 6) is -0.992. The molecule has 0 unspecified atom stereocenters. The first kappa shape index (κ1) is 19.6. The van der Waals surface area contributed by atoms with Crippen molar-refractivity contribution in [3.05, 3.63) is 29.3 Å². The van der Waals surface area contributed by atoms with Crippen molar-refractivity contribution in [2.24, 2.45) is 23.7 Å². The van der Waals surface area contributed by atoms with Gasteiger partial charge in [0.15, 0.2) is 6.61 Å². The van der Waals surface area contributed by atoms with Gasteiger partial charge in [0, 0.05) is 12.2 Å². The molecule has 154 valence electrons. The number of amides is 3. The van der Waals surface area contributed by atoms with Gasteiger partial charge in [0.2, 0.25) is 11.8 Å². The minimum absolute atomic E-state index is 0.0293. The molecule has 1 aromatic rings. The van der Waals surface area contributed by atoms with Gasteiger partial charge in [0.25, 0.3) is 5.91 Å². The molecule has 2 saturated carbocycles. The van der Waals surface area contributed by atoms with Gasteiger partial charge in [0.05, 0.1) is 18.3 Å². The lowest BCUT2D eigenvalue weighted by atomic mass is 9.81. The van der Waals surface area contributed by atoms with Crippen LogP contribution in [-0.2, 0) is 23.9 Å². The van der Waals surface area contributed by atoms with Crippen molar-refractivity contribution < 1.29 is 23.9 Å². The first-order chi connectivity index (χ1) is 13.9. The van der Waals surface area contributed by atoms with Crippen LogP contribution < -0.4 is 5.32 Å². The number of rotatable bonds is 6. The highest BCUT2D eigenvalue weighted by Gasteiger charge is 2.60. The maximum Gasteiger partial charge on any atom is 0.308 e. The summed E-state index contributed by atoms with van der Waals surface area (Å²) in [7, 11) is 0. The number of nitrogens with one attached hydrogen (secondary N) is 1. The van der Waals surface area contributed by atoms with Gasteiger partial charge in [-0.25, -0.2) is 0 Å². The third kappa shape index (κ3) is 3.54. The lowest BCUT2D eigenvalue weighted by Crippen LogP contribution is -2.35. The number of imide groups is 1. The number of carbonyl (C=O) groups is 4. The zero-order valence-electron chi connectivity index (χ0n) is 16.8. The largest absolute Gasteiger partial charge is 0.456 e. The summed E-state index contributed by atoms with van der Waals surface area (Å²) in [6, 6.07) is 5.58. The summed E-state index contributed by atoms with van der Waals surface area (Å²) in [5.41, 5.74) is 2.69. The van der Waals surface area contributed by atoms with E-state index in [2.05, 4.69) is 5.32 Å². The van der Waals surface area contributed by atoms with Gasteiger partial charge in [-0.2, -0.15) is 0 Å². The van der Waals surface area contributed by atoms with Crippen LogP contribution in [0.1, 0.15) is 36.8 Å². The van der Waals surface area contributed by atoms with Crippen molar-refractivity contribution in [3.8, 4) is 0 Å². The van der Waals surface area contributed by atoms with Gasteiger partial charge in [-0.1, -0.05) is 12.1 Å². The van der Waals surface area contributed by atoms with Crippen LogP contribution in [0.5, 0.6) is 0 Å². The molecule has 29 heavy (non-hydrogen) atoms. The first-order valence-corrected chi connectivity index (χ1v) is 10.2. The van der Waals surface area contributed by atoms with Crippen molar-refractivity contribution in [2.75, 3.05) is 18.5 Å². The van der Waals surface area contributed by atoms with Crippen molar-refractivity contribution in [1.82, 2.24) is 4.90 Å². The van der Waals surface area contributed by atoms with Crippen molar-refractivity contribution in [3.63, 3.8) is 0 Å². The van der Waals surface area contributed by atoms with E-state index in [0.717, 1.165) is 30.4 Å². The number of anilines is 1. The smallest absolute Gasteiger partial charge is 0.308 e. The van der Waals surface area contributed by atoms with Gasteiger partial charge >= 0.3 is 5.97 Å². The van der Waals surface area contributed by atoms with Gasteiger partial charge in [-0.15, -0.1) is 0 Å². The SMILES string of the molecule is Cc1cccc(NC(=O)COC(=O)CCN2C(=O)[C@H]3[C@H]4CC[C@@H](C4)[C@@H]3C2=O)c1C. The van der Waals surface area contributed by atoms with Crippen LogP contribution in [0.2, 0.25) is 0 Å². The van der Waals surface area contributed by atoms with Crippen molar-refractivity contribution in [2.45, 2.75) is 39.5 Å². The fourth-order valence-electron chi connectivity index (χ4n) is 5.18. The third-order valence-electron chi connectivity index (χ3n) is 6.80. The first-order valence-electron chi connectivity index (χ1n) is 10.2. The molecule has 3 amide bonds. The van der Waals surface area contributed by atoms with E-state index >= 15 is 0 Å². The molecule has 1 saturated heterocycles. The van der Waals surface area contributed by atoms with Crippen LogP contribution in [0.15, 0.2) is 18.2 Å². The van der Waals surface area contributed by atoms with E-state index in [9.17, 15) is 19.2 Å². The number of aryl methyl sites for hydroxylation is 1. The minimum Gasteiger partial charge on any atom is -0.456 e. The summed E-state index contributed by atoms with van der Waals surface area (Å²) in [6.07, 6.45) is 2.94. The molecule has 1 aliphatic heterocycles. The van der Waals surface area contributed by atoms with Crippen LogP contribution in [0.3, 0.4) is 0 Å². The molecule has 3 aliphatic rings. The fraction of sp³-hybridized carbons (Fsp3) is 0.545. The number of ether oxygens (including phenoxy) is 1. The Bertz CT molecular complexity index is 852. The molecule has 7 heteroatoms. The second-order valence-corrected chi connectivity index (χ2v) is 8.42. The quantitative estimate of drug-likeness (QED) is 0.586. The van der Waals surface area contributed by atoms with E-state index in [1.165, 1.54) is 4.90 Å². The van der Waals surface area contributed by atoms with E-state index in [4.69, 9.17) is 4.74 Å². The number of benzene rings is 1. The van der Waals surface area contributed by atoms with Gasteiger partial charge < -0.3 is 10.1 Å². The van der Waals surface area contributed by atoms with Crippen LogP contribution >= 0.6 is 0 Å². The lowest BCUT2D eigenvalue weighted by Gasteiger charge is -2.19. The molecule has 2 bridgehead atoms. The number of fused-ring (bicyclic) bond motifs is 5. The Kier molecular flexibility index (Phi) is 5.15. The fourth-order valence-corrected chi connectivity index (χ4v) is 5.18. The zero-order chi connectivity index (χ0) is 20.7. The molecule has 1 heterocycles. The molecule has 0 aromatic heterocycles. The molecule has 1 N–H and O–H groups in total. The Hall–Kier alpha value is -2.70. The number of hydrogen-bond acceptors (Lipinski definition) is 5. The topological polar surface area (TPSA) is 92.8 Å². The number of esters is 1. The highest BCUT2D eigenvalue weighted by atomic mass is 16.5. The monoisotopic (exact) mass is 398 g/mol. The molecule has 0 radical (unpaired) electrons. The van der Waals surface area contributed by atoms with E-state index in [0.29, 0.717) is 17.5 Å². The molecule has 1 aromatic carbocycles. The maximum atomic E-state index is 12.6. The minimum atomic E-state index is -0.596. The second-order valence-electron chi connectivity index (χ2n) is 8.42. The Labute approximate surface area is 169 Å². The number of nitrogens with zero attached hydrogens (tertiary/aromatic N) is 1. The summed E-state index contributed by atoms with van der Waals surface area (Å²) < 4.78 is 5.02.